The summed E-state index contributed by atoms with van der Waals surface area (Å²) >= 11 is 11.7. The van der Waals surface area contributed by atoms with Crippen molar-refractivity contribution in [3.05, 3.63) is 22.3 Å². The standard InChI is InChI=1S/C14H20Cl2N4O2/c1-14(8-21,9-2-3-9)20-13(22)18-5-4-17-12-11(16)6-10(15)7-19-12/h6-7,9,21H,2-5,8H2,1H3,(H,17,19)(H2,18,20,22). The molecular weight excluding hydrogens is 327 g/mol. The molecule has 1 aliphatic carbocycles. The van der Waals surface area contributed by atoms with Crippen molar-refractivity contribution in [2.45, 2.75) is 25.3 Å². The van der Waals surface area contributed by atoms with Crippen LogP contribution >= 0.6 is 23.2 Å². The van der Waals surface area contributed by atoms with Gasteiger partial charge in [-0.3, -0.25) is 0 Å². The number of carbonyl (C=O) groups is 1. The van der Waals surface area contributed by atoms with Gasteiger partial charge < -0.3 is 21.1 Å². The number of hydrogen-bond acceptors (Lipinski definition) is 4. The zero-order valence-corrected chi connectivity index (χ0v) is 13.8. The van der Waals surface area contributed by atoms with Gasteiger partial charge in [-0.2, -0.15) is 0 Å². The maximum Gasteiger partial charge on any atom is 0.315 e. The minimum atomic E-state index is -0.543. The van der Waals surface area contributed by atoms with E-state index in [1.54, 1.807) is 6.07 Å². The van der Waals surface area contributed by atoms with E-state index in [-0.39, 0.29) is 12.6 Å². The summed E-state index contributed by atoms with van der Waals surface area (Å²) in [4.78, 5) is 15.9. The molecule has 0 aromatic carbocycles. The van der Waals surface area contributed by atoms with E-state index < -0.39 is 5.54 Å². The second kappa shape index (κ2) is 7.35. The average Bonchev–Trinajstić information content (AvgIpc) is 3.30. The van der Waals surface area contributed by atoms with Gasteiger partial charge in [0.05, 0.1) is 22.2 Å². The predicted octanol–water partition coefficient (Wildman–Crippen LogP) is 2.26. The number of aliphatic hydroxyl groups is 1. The second-order valence-corrected chi connectivity index (χ2v) is 6.49. The molecule has 8 heteroatoms. The third-order valence-corrected chi connectivity index (χ3v) is 4.21. The van der Waals surface area contributed by atoms with Gasteiger partial charge in [-0.1, -0.05) is 23.2 Å². The average molecular weight is 347 g/mol. The summed E-state index contributed by atoms with van der Waals surface area (Å²) in [5.41, 5.74) is -0.543. The van der Waals surface area contributed by atoms with Crippen LogP contribution < -0.4 is 16.0 Å². The van der Waals surface area contributed by atoms with Gasteiger partial charge in [0.2, 0.25) is 0 Å². The molecule has 1 fully saturated rings. The van der Waals surface area contributed by atoms with Crippen LogP contribution in [0.3, 0.4) is 0 Å². The Balaban J connectivity index is 1.71. The van der Waals surface area contributed by atoms with Crippen LogP contribution in [0.5, 0.6) is 0 Å². The first-order valence-corrected chi connectivity index (χ1v) is 7.92. The van der Waals surface area contributed by atoms with Crippen molar-refractivity contribution in [1.82, 2.24) is 15.6 Å². The zero-order valence-electron chi connectivity index (χ0n) is 12.3. The van der Waals surface area contributed by atoms with Gasteiger partial charge in [-0.25, -0.2) is 9.78 Å². The number of rotatable bonds is 7. The zero-order chi connectivity index (χ0) is 16.2. The van der Waals surface area contributed by atoms with Crippen LogP contribution in [0.4, 0.5) is 10.6 Å². The monoisotopic (exact) mass is 346 g/mol. The lowest BCUT2D eigenvalue weighted by atomic mass is 9.97. The molecule has 0 spiro atoms. The third-order valence-electron chi connectivity index (χ3n) is 3.72. The molecule has 0 radical (unpaired) electrons. The minimum absolute atomic E-state index is 0.0619. The van der Waals surface area contributed by atoms with Gasteiger partial charge in [0.25, 0.3) is 0 Å². The molecule has 6 nitrogen and oxygen atoms in total. The van der Waals surface area contributed by atoms with Gasteiger partial charge in [0.1, 0.15) is 5.82 Å². The summed E-state index contributed by atoms with van der Waals surface area (Å²) in [6, 6.07) is 1.31. The summed E-state index contributed by atoms with van der Waals surface area (Å²) in [7, 11) is 0. The molecule has 1 aromatic heterocycles. The number of pyridine rings is 1. The van der Waals surface area contributed by atoms with Crippen LogP contribution in [0.1, 0.15) is 19.8 Å². The maximum absolute atomic E-state index is 11.9. The van der Waals surface area contributed by atoms with Crippen molar-refractivity contribution < 1.29 is 9.90 Å². The fourth-order valence-corrected chi connectivity index (χ4v) is 2.64. The first-order chi connectivity index (χ1) is 10.4. The summed E-state index contributed by atoms with van der Waals surface area (Å²) in [5.74, 6) is 0.880. The van der Waals surface area contributed by atoms with Crippen LogP contribution in [0, 0.1) is 5.92 Å². The van der Waals surface area contributed by atoms with Crippen molar-refractivity contribution in [1.29, 1.82) is 0 Å². The van der Waals surface area contributed by atoms with Crippen LogP contribution in [-0.2, 0) is 0 Å². The maximum atomic E-state index is 11.9. The SMILES string of the molecule is CC(CO)(NC(=O)NCCNc1ncc(Cl)cc1Cl)C1CC1. The molecule has 4 N–H and O–H groups in total. The van der Waals surface area contributed by atoms with Crippen LogP contribution in [-0.4, -0.2) is 41.4 Å². The number of halogens is 2. The van der Waals surface area contributed by atoms with Crippen molar-refractivity contribution in [2.24, 2.45) is 5.92 Å². The summed E-state index contributed by atoms with van der Waals surface area (Å²) in [5, 5.41) is 18.9. The Kier molecular flexibility index (Phi) is 5.72. The van der Waals surface area contributed by atoms with E-state index in [2.05, 4.69) is 20.9 Å². The highest BCUT2D eigenvalue weighted by atomic mass is 35.5. The van der Waals surface area contributed by atoms with E-state index in [0.717, 1.165) is 12.8 Å². The first kappa shape index (κ1) is 17.1. The molecule has 1 unspecified atom stereocenters. The highest BCUT2D eigenvalue weighted by Crippen LogP contribution is 2.39. The quantitative estimate of drug-likeness (QED) is 0.570. The Labute approximate surface area is 139 Å². The molecule has 122 valence electrons. The van der Waals surface area contributed by atoms with Crippen molar-refractivity contribution in [3.8, 4) is 0 Å². The minimum Gasteiger partial charge on any atom is -0.394 e. The predicted molar refractivity (Wildman–Crippen MR) is 87.5 cm³/mol. The molecule has 1 heterocycles. The lowest BCUT2D eigenvalue weighted by Crippen LogP contribution is -2.54. The van der Waals surface area contributed by atoms with E-state index >= 15 is 0 Å². The molecular formula is C14H20Cl2N4O2. The number of urea groups is 1. The van der Waals surface area contributed by atoms with Gasteiger partial charge in [0.15, 0.2) is 0 Å². The topological polar surface area (TPSA) is 86.3 Å². The van der Waals surface area contributed by atoms with Gasteiger partial charge in [0, 0.05) is 19.3 Å². The fraction of sp³-hybridized carbons (Fsp3) is 0.571. The van der Waals surface area contributed by atoms with E-state index in [1.165, 1.54) is 6.20 Å². The number of nitrogens with one attached hydrogen (secondary N) is 3. The number of aromatic nitrogens is 1. The number of nitrogens with zero attached hydrogens (tertiary/aromatic N) is 1. The van der Waals surface area contributed by atoms with E-state index in [9.17, 15) is 9.90 Å². The molecule has 0 aliphatic heterocycles. The Morgan fingerprint density at radius 3 is 2.77 bits per heavy atom. The summed E-state index contributed by atoms with van der Waals surface area (Å²) in [6.45, 7) is 2.67. The van der Waals surface area contributed by atoms with Crippen LogP contribution in [0.2, 0.25) is 10.0 Å². The molecule has 1 atom stereocenters. The molecule has 22 heavy (non-hydrogen) atoms. The van der Waals surface area contributed by atoms with Gasteiger partial charge >= 0.3 is 6.03 Å². The number of amides is 2. The normalized spacial score (nSPS) is 16.7. The van der Waals surface area contributed by atoms with Crippen molar-refractivity contribution >= 4 is 35.1 Å². The molecule has 0 bridgehead atoms. The Morgan fingerprint density at radius 1 is 1.45 bits per heavy atom. The van der Waals surface area contributed by atoms with E-state index in [1.807, 2.05) is 6.92 Å². The molecule has 1 aromatic rings. The highest BCUT2D eigenvalue weighted by Gasteiger charge is 2.42. The fourth-order valence-electron chi connectivity index (χ4n) is 2.20. The van der Waals surface area contributed by atoms with Crippen molar-refractivity contribution in [3.63, 3.8) is 0 Å². The summed E-state index contributed by atoms with van der Waals surface area (Å²) < 4.78 is 0. The number of aliphatic hydroxyl groups excluding tert-OH is 1. The Bertz CT molecular complexity index is 540. The van der Waals surface area contributed by atoms with E-state index in [0.29, 0.717) is 34.9 Å². The first-order valence-electron chi connectivity index (χ1n) is 7.16. The Hall–Kier alpha value is -1.24. The van der Waals surface area contributed by atoms with Gasteiger partial charge in [-0.15, -0.1) is 0 Å². The third kappa shape index (κ3) is 4.63. The molecule has 1 aliphatic rings. The molecule has 2 amide bonds. The van der Waals surface area contributed by atoms with Crippen molar-refractivity contribution in [2.75, 3.05) is 25.0 Å². The number of hydrogen-bond donors (Lipinski definition) is 4. The molecule has 2 rings (SSSR count). The molecule has 0 saturated heterocycles. The summed E-state index contributed by atoms with van der Waals surface area (Å²) in [6.07, 6.45) is 3.58. The van der Waals surface area contributed by atoms with Crippen LogP contribution in [0.25, 0.3) is 0 Å². The van der Waals surface area contributed by atoms with Crippen LogP contribution in [0.15, 0.2) is 12.3 Å². The Morgan fingerprint density at radius 2 is 2.18 bits per heavy atom. The molecule has 1 saturated carbocycles. The largest absolute Gasteiger partial charge is 0.394 e. The van der Waals surface area contributed by atoms with Gasteiger partial charge in [-0.05, 0) is 31.7 Å². The highest BCUT2D eigenvalue weighted by molar-refractivity contribution is 6.35. The smallest absolute Gasteiger partial charge is 0.315 e. The number of carbonyl (C=O) groups excluding carboxylic acids is 1. The number of anilines is 1. The second-order valence-electron chi connectivity index (χ2n) is 5.64. The lowest BCUT2D eigenvalue weighted by molar-refractivity contribution is 0.155. The lowest BCUT2D eigenvalue weighted by Gasteiger charge is -2.28. The van der Waals surface area contributed by atoms with E-state index in [4.69, 9.17) is 23.2 Å².